The monoisotopic (exact) mass is 296 g/mol. The van der Waals surface area contributed by atoms with Crippen molar-refractivity contribution in [2.24, 2.45) is 0 Å². The van der Waals surface area contributed by atoms with Crippen LogP contribution >= 0.6 is 0 Å². The maximum absolute atomic E-state index is 12.1. The molecule has 0 bridgehead atoms. The van der Waals surface area contributed by atoms with Crippen LogP contribution in [0.2, 0.25) is 0 Å². The number of hydrogen-bond donors (Lipinski definition) is 0. The molecular formula is C14H20N2O3S. The Bertz CT molecular complexity index is 559. The van der Waals surface area contributed by atoms with Gasteiger partial charge in [0.1, 0.15) is 0 Å². The SMILES string of the molecule is CC(C)OCCN(C)S(=O)(=O)Cc1ccc(C#N)cc1. The quantitative estimate of drug-likeness (QED) is 0.768. The number of rotatable bonds is 7. The molecule has 0 aliphatic carbocycles. The van der Waals surface area contributed by atoms with Gasteiger partial charge in [0.15, 0.2) is 0 Å². The number of likely N-dealkylation sites (N-methyl/N-ethyl adjacent to an activating group) is 1. The Morgan fingerprint density at radius 1 is 1.30 bits per heavy atom. The van der Waals surface area contributed by atoms with E-state index < -0.39 is 10.0 Å². The third-order valence-electron chi connectivity index (χ3n) is 2.76. The second-order valence-electron chi connectivity index (χ2n) is 4.81. The predicted molar refractivity (Wildman–Crippen MR) is 77.5 cm³/mol. The maximum atomic E-state index is 12.1. The van der Waals surface area contributed by atoms with Gasteiger partial charge in [0.25, 0.3) is 0 Å². The minimum atomic E-state index is -3.36. The first kappa shape index (κ1) is 16.6. The van der Waals surface area contributed by atoms with Crippen LogP contribution in [0.4, 0.5) is 0 Å². The lowest BCUT2D eigenvalue weighted by molar-refractivity contribution is 0.0737. The summed E-state index contributed by atoms with van der Waals surface area (Å²) in [6.45, 7) is 4.52. The fraction of sp³-hybridized carbons (Fsp3) is 0.500. The molecule has 20 heavy (non-hydrogen) atoms. The van der Waals surface area contributed by atoms with Gasteiger partial charge in [-0.15, -0.1) is 0 Å². The van der Waals surface area contributed by atoms with Crippen molar-refractivity contribution in [1.82, 2.24) is 4.31 Å². The highest BCUT2D eigenvalue weighted by atomic mass is 32.2. The van der Waals surface area contributed by atoms with Gasteiger partial charge < -0.3 is 4.74 Å². The molecule has 0 radical (unpaired) electrons. The van der Waals surface area contributed by atoms with Crippen LogP contribution in [0.5, 0.6) is 0 Å². The van der Waals surface area contributed by atoms with Gasteiger partial charge in [0.05, 0.1) is 30.1 Å². The van der Waals surface area contributed by atoms with Gasteiger partial charge in [-0.25, -0.2) is 12.7 Å². The van der Waals surface area contributed by atoms with Crippen LogP contribution in [0.3, 0.4) is 0 Å². The fourth-order valence-corrected chi connectivity index (χ4v) is 2.74. The Hall–Kier alpha value is -1.42. The first-order chi connectivity index (χ1) is 9.35. The molecule has 1 aromatic carbocycles. The summed E-state index contributed by atoms with van der Waals surface area (Å²) < 4.78 is 30.9. The highest BCUT2D eigenvalue weighted by molar-refractivity contribution is 7.88. The minimum absolute atomic E-state index is 0.0725. The van der Waals surface area contributed by atoms with E-state index in [4.69, 9.17) is 10.00 Å². The molecule has 0 N–H and O–H groups in total. The van der Waals surface area contributed by atoms with Crippen molar-refractivity contribution in [1.29, 1.82) is 5.26 Å². The van der Waals surface area contributed by atoms with Crippen LogP contribution in [0.15, 0.2) is 24.3 Å². The van der Waals surface area contributed by atoms with Crippen LogP contribution in [-0.4, -0.2) is 39.0 Å². The number of benzene rings is 1. The van der Waals surface area contributed by atoms with E-state index in [0.29, 0.717) is 24.3 Å². The van der Waals surface area contributed by atoms with Gasteiger partial charge in [-0.3, -0.25) is 0 Å². The van der Waals surface area contributed by atoms with Gasteiger partial charge in [0, 0.05) is 13.6 Å². The molecule has 5 nitrogen and oxygen atoms in total. The van der Waals surface area contributed by atoms with Gasteiger partial charge >= 0.3 is 0 Å². The van der Waals surface area contributed by atoms with Gasteiger partial charge in [0.2, 0.25) is 10.0 Å². The summed E-state index contributed by atoms with van der Waals surface area (Å²) in [5, 5.41) is 8.70. The fourth-order valence-electron chi connectivity index (χ4n) is 1.55. The van der Waals surface area contributed by atoms with Crippen LogP contribution in [0, 0.1) is 11.3 Å². The lowest BCUT2D eigenvalue weighted by Gasteiger charge is -2.18. The van der Waals surface area contributed by atoms with E-state index in [1.165, 1.54) is 4.31 Å². The smallest absolute Gasteiger partial charge is 0.218 e. The molecule has 0 fully saturated rings. The molecule has 1 aromatic rings. The molecule has 6 heteroatoms. The predicted octanol–water partition coefficient (Wildman–Crippen LogP) is 1.74. The highest BCUT2D eigenvalue weighted by Gasteiger charge is 2.18. The molecular weight excluding hydrogens is 276 g/mol. The average molecular weight is 296 g/mol. The topological polar surface area (TPSA) is 70.4 Å². The molecule has 0 saturated carbocycles. The second-order valence-corrected chi connectivity index (χ2v) is 6.88. The summed E-state index contributed by atoms with van der Waals surface area (Å²) in [4.78, 5) is 0. The highest BCUT2D eigenvalue weighted by Crippen LogP contribution is 2.10. The molecule has 0 heterocycles. The number of hydrogen-bond acceptors (Lipinski definition) is 4. The maximum Gasteiger partial charge on any atom is 0.218 e. The molecule has 0 aliphatic heterocycles. The van der Waals surface area contributed by atoms with Crippen molar-refractivity contribution < 1.29 is 13.2 Å². The van der Waals surface area contributed by atoms with Crippen LogP contribution < -0.4 is 0 Å². The lowest BCUT2D eigenvalue weighted by Crippen LogP contribution is -2.31. The number of sulfonamides is 1. The van der Waals surface area contributed by atoms with E-state index in [2.05, 4.69) is 0 Å². The molecule has 0 saturated heterocycles. The molecule has 1 rings (SSSR count). The third-order valence-corrected chi connectivity index (χ3v) is 4.59. The Labute approximate surface area is 120 Å². The number of nitrogens with zero attached hydrogens (tertiary/aromatic N) is 2. The molecule has 0 aliphatic rings. The first-order valence-electron chi connectivity index (χ1n) is 6.40. The van der Waals surface area contributed by atoms with Crippen LogP contribution in [0.1, 0.15) is 25.0 Å². The molecule has 0 atom stereocenters. The minimum Gasteiger partial charge on any atom is -0.377 e. The van der Waals surface area contributed by atoms with Crippen molar-refractivity contribution in [3.63, 3.8) is 0 Å². The lowest BCUT2D eigenvalue weighted by atomic mass is 10.2. The summed E-state index contributed by atoms with van der Waals surface area (Å²) in [6.07, 6.45) is 0.0876. The standard InChI is InChI=1S/C14H20N2O3S/c1-12(2)19-9-8-16(3)20(17,18)11-14-6-4-13(10-15)5-7-14/h4-7,12H,8-9,11H2,1-3H3. The van der Waals surface area contributed by atoms with Crippen molar-refractivity contribution in [3.8, 4) is 6.07 Å². The summed E-state index contributed by atoms with van der Waals surface area (Å²) in [6, 6.07) is 8.56. The summed E-state index contributed by atoms with van der Waals surface area (Å²) >= 11 is 0. The van der Waals surface area contributed by atoms with E-state index in [0.717, 1.165) is 0 Å². The Morgan fingerprint density at radius 2 is 1.90 bits per heavy atom. The summed E-state index contributed by atoms with van der Waals surface area (Å²) in [5.41, 5.74) is 1.19. The Balaban J connectivity index is 2.61. The second kappa shape index (κ2) is 7.39. The van der Waals surface area contributed by atoms with Crippen LogP contribution in [0.25, 0.3) is 0 Å². The molecule has 110 valence electrons. The number of nitriles is 1. The zero-order valence-corrected chi connectivity index (χ0v) is 12.9. The third kappa shape index (κ3) is 5.29. The number of ether oxygens (including phenoxy) is 1. The molecule has 0 unspecified atom stereocenters. The summed E-state index contributed by atoms with van der Waals surface area (Å²) in [5.74, 6) is -0.0725. The molecule has 0 aromatic heterocycles. The van der Waals surface area contributed by atoms with E-state index >= 15 is 0 Å². The summed E-state index contributed by atoms with van der Waals surface area (Å²) in [7, 11) is -1.82. The van der Waals surface area contributed by atoms with E-state index in [9.17, 15) is 8.42 Å². The zero-order chi connectivity index (χ0) is 15.2. The van der Waals surface area contributed by atoms with E-state index in [1.807, 2.05) is 19.9 Å². The van der Waals surface area contributed by atoms with Crippen molar-refractivity contribution in [3.05, 3.63) is 35.4 Å². The largest absolute Gasteiger partial charge is 0.377 e. The molecule has 0 spiro atoms. The van der Waals surface area contributed by atoms with Gasteiger partial charge in [-0.05, 0) is 31.5 Å². The van der Waals surface area contributed by atoms with Crippen molar-refractivity contribution >= 4 is 10.0 Å². The van der Waals surface area contributed by atoms with Gasteiger partial charge in [-0.2, -0.15) is 5.26 Å². The van der Waals surface area contributed by atoms with Crippen molar-refractivity contribution in [2.45, 2.75) is 25.7 Å². The van der Waals surface area contributed by atoms with Crippen LogP contribution in [-0.2, 0) is 20.5 Å². The Morgan fingerprint density at radius 3 is 2.40 bits per heavy atom. The first-order valence-corrected chi connectivity index (χ1v) is 8.00. The van der Waals surface area contributed by atoms with E-state index in [-0.39, 0.29) is 11.9 Å². The Kier molecular flexibility index (Phi) is 6.14. The average Bonchev–Trinajstić information content (AvgIpc) is 2.38. The van der Waals surface area contributed by atoms with Crippen molar-refractivity contribution in [2.75, 3.05) is 20.2 Å². The van der Waals surface area contributed by atoms with Gasteiger partial charge in [-0.1, -0.05) is 12.1 Å². The normalized spacial score (nSPS) is 11.8. The van der Waals surface area contributed by atoms with E-state index in [1.54, 1.807) is 31.3 Å². The molecule has 0 amide bonds. The zero-order valence-electron chi connectivity index (χ0n) is 12.0.